The number of ether oxygens (including phenoxy) is 1. The lowest BCUT2D eigenvalue weighted by atomic mass is 9.94. The minimum atomic E-state index is -0.842. The summed E-state index contributed by atoms with van der Waals surface area (Å²) in [5, 5.41) is 23.3. The van der Waals surface area contributed by atoms with Gasteiger partial charge in [-0.1, -0.05) is 13.0 Å². The van der Waals surface area contributed by atoms with Gasteiger partial charge in [0.2, 0.25) is 0 Å². The molecule has 168 valence electrons. The molecule has 0 saturated carbocycles. The van der Waals surface area contributed by atoms with Crippen LogP contribution in [0.25, 0.3) is 0 Å². The monoisotopic (exact) mass is 428 g/mol. The minimum Gasteiger partial charge on any atom is -0.481 e. The number of hydrogen-bond donors (Lipinski definition) is 3. The molecule has 2 heterocycles. The fourth-order valence-electron chi connectivity index (χ4n) is 4.12. The molecule has 31 heavy (non-hydrogen) atoms. The Balaban J connectivity index is 1.96. The van der Waals surface area contributed by atoms with E-state index in [0.717, 1.165) is 36.3 Å². The number of aliphatic hydroxyl groups is 1. The number of aromatic nitrogens is 2. The second-order valence-electron chi connectivity index (χ2n) is 8.59. The van der Waals surface area contributed by atoms with Gasteiger partial charge < -0.3 is 25.2 Å². The summed E-state index contributed by atoms with van der Waals surface area (Å²) >= 11 is 0. The number of nitrogens with one attached hydrogen (secondary N) is 1. The van der Waals surface area contributed by atoms with Gasteiger partial charge in [0.15, 0.2) is 0 Å². The Morgan fingerprint density at radius 1 is 1.35 bits per heavy atom. The molecule has 1 saturated heterocycles. The van der Waals surface area contributed by atoms with Crippen molar-refractivity contribution >= 4 is 23.0 Å². The SMILES string of the molecule is CCOc1ncc(Nc2cc(C(C)CC(=O)O)ccc2N2CCC[C@H]2C(C)(C)O)cn1. The molecule has 0 aliphatic carbocycles. The third-order valence-corrected chi connectivity index (χ3v) is 5.63. The molecule has 8 nitrogen and oxygen atoms in total. The number of anilines is 3. The van der Waals surface area contributed by atoms with Gasteiger partial charge >= 0.3 is 12.0 Å². The van der Waals surface area contributed by atoms with E-state index in [0.29, 0.717) is 18.3 Å². The number of aliphatic carboxylic acids is 1. The number of nitrogens with zero attached hydrogens (tertiary/aromatic N) is 3. The van der Waals surface area contributed by atoms with Crippen molar-refractivity contribution in [2.24, 2.45) is 0 Å². The summed E-state index contributed by atoms with van der Waals surface area (Å²) in [5.74, 6) is -0.958. The van der Waals surface area contributed by atoms with E-state index in [9.17, 15) is 15.0 Å². The first kappa shape index (κ1) is 22.8. The van der Waals surface area contributed by atoms with E-state index in [1.165, 1.54) is 0 Å². The molecule has 1 fully saturated rings. The van der Waals surface area contributed by atoms with Crippen LogP contribution in [0.4, 0.5) is 17.1 Å². The normalized spacial score (nSPS) is 17.5. The van der Waals surface area contributed by atoms with Gasteiger partial charge in [0.25, 0.3) is 0 Å². The van der Waals surface area contributed by atoms with Crippen LogP contribution < -0.4 is 15.0 Å². The summed E-state index contributed by atoms with van der Waals surface area (Å²) in [7, 11) is 0. The van der Waals surface area contributed by atoms with Crippen molar-refractivity contribution < 1.29 is 19.7 Å². The highest BCUT2D eigenvalue weighted by Crippen LogP contribution is 2.39. The predicted molar refractivity (Wildman–Crippen MR) is 120 cm³/mol. The number of rotatable bonds is 9. The molecule has 2 atom stereocenters. The van der Waals surface area contributed by atoms with Gasteiger partial charge in [-0.05, 0) is 57.2 Å². The Labute approximate surface area is 183 Å². The standard InChI is InChI=1S/C23H32N4O4/c1-5-31-22-24-13-17(14-25-22)26-18-12-16(15(2)11-21(28)29)8-9-19(18)27-10-6-7-20(27)23(3,4)30/h8-9,12-15,20,26,30H,5-7,10-11H2,1-4H3,(H,28,29)/t15?,20-/m0/s1. The van der Waals surface area contributed by atoms with Gasteiger partial charge in [-0.15, -0.1) is 0 Å². The molecule has 0 radical (unpaired) electrons. The van der Waals surface area contributed by atoms with E-state index in [4.69, 9.17) is 4.74 Å². The van der Waals surface area contributed by atoms with E-state index in [1.807, 2.05) is 45.9 Å². The van der Waals surface area contributed by atoms with Crippen LogP contribution in [0, 0.1) is 0 Å². The molecule has 1 unspecified atom stereocenters. The number of carboxylic acids is 1. The second-order valence-corrected chi connectivity index (χ2v) is 8.59. The molecule has 0 bridgehead atoms. The van der Waals surface area contributed by atoms with Crippen LogP contribution in [0.5, 0.6) is 6.01 Å². The maximum atomic E-state index is 11.2. The van der Waals surface area contributed by atoms with Crippen LogP contribution in [0.1, 0.15) is 58.4 Å². The summed E-state index contributed by atoms with van der Waals surface area (Å²) in [6.45, 7) is 8.79. The lowest BCUT2D eigenvalue weighted by molar-refractivity contribution is -0.137. The van der Waals surface area contributed by atoms with Crippen LogP contribution in [-0.2, 0) is 4.79 Å². The zero-order chi connectivity index (χ0) is 22.6. The van der Waals surface area contributed by atoms with Gasteiger partial charge in [-0.2, -0.15) is 0 Å². The van der Waals surface area contributed by atoms with Gasteiger partial charge in [0.1, 0.15) is 0 Å². The number of carbonyl (C=O) groups is 1. The Bertz CT molecular complexity index is 895. The van der Waals surface area contributed by atoms with Crippen molar-refractivity contribution in [3.05, 3.63) is 36.2 Å². The van der Waals surface area contributed by atoms with Gasteiger partial charge in [0, 0.05) is 6.54 Å². The largest absolute Gasteiger partial charge is 0.481 e. The molecule has 1 aliphatic rings. The van der Waals surface area contributed by atoms with E-state index in [1.54, 1.807) is 12.4 Å². The highest BCUT2D eigenvalue weighted by atomic mass is 16.5. The van der Waals surface area contributed by atoms with E-state index in [-0.39, 0.29) is 18.4 Å². The van der Waals surface area contributed by atoms with Gasteiger partial charge in [0.05, 0.1) is 54.1 Å². The number of benzene rings is 1. The summed E-state index contributed by atoms with van der Waals surface area (Å²) in [4.78, 5) is 21.9. The molecule has 1 aliphatic heterocycles. The third kappa shape index (κ3) is 5.64. The third-order valence-electron chi connectivity index (χ3n) is 5.63. The Morgan fingerprint density at radius 3 is 2.68 bits per heavy atom. The molecule has 0 spiro atoms. The van der Waals surface area contributed by atoms with E-state index in [2.05, 4.69) is 20.2 Å². The average molecular weight is 429 g/mol. The van der Waals surface area contributed by atoms with Crippen LogP contribution in [0.2, 0.25) is 0 Å². The summed E-state index contributed by atoms with van der Waals surface area (Å²) < 4.78 is 5.31. The highest BCUT2D eigenvalue weighted by Gasteiger charge is 2.37. The molecule has 3 N–H and O–H groups in total. The molecule has 0 amide bonds. The Kier molecular flexibility index (Phi) is 7.00. The maximum Gasteiger partial charge on any atom is 0.316 e. The number of hydrogen-bond acceptors (Lipinski definition) is 7. The van der Waals surface area contributed by atoms with Crippen molar-refractivity contribution in [3.63, 3.8) is 0 Å². The van der Waals surface area contributed by atoms with Gasteiger partial charge in [-0.25, -0.2) is 9.97 Å². The van der Waals surface area contributed by atoms with Crippen molar-refractivity contribution in [3.8, 4) is 6.01 Å². The van der Waals surface area contributed by atoms with Crippen LogP contribution in [0.3, 0.4) is 0 Å². The Hall–Kier alpha value is -2.87. The van der Waals surface area contributed by atoms with Crippen LogP contribution in [-0.4, -0.2) is 50.9 Å². The second kappa shape index (κ2) is 9.51. The van der Waals surface area contributed by atoms with Crippen molar-refractivity contribution in [2.75, 3.05) is 23.4 Å². The lowest BCUT2D eigenvalue weighted by Gasteiger charge is -2.36. The van der Waals surface area contributed by atoms with E-state index < -0.39 is 11.6 Å². The topological polar surface area (TPSA) is 108 Å². The lowest BCUT2D eigenvalue weighted by Crippen LogP contribution is -2.46. The smallest absolute Gasteiger partial charge is 0.316 e. The first-order valence-corrected chi connectivity index (χ1v) is 10.8. The first-order valence-electron chi connectivity index (χ1n) is 10.8. The molecule has 1 aromatic heterocycles. The molecule has 8 heteroatoms. The zero-order valence-electron chi connectivity index (χ0n) is 18.6. The summed E-state index contributed by atoms with van der Waals surface area (Å²) in [5.41, 5.74) is 2.58. The van der Waals surface area contributed by atoms with E-state index >= 15 is 0 Å². The first-order chi connectivity index (χ1) is 14.7. The Morgan fingerprint density at radius 2 is 2.06 bits per heavy atom. The summed E-state index contributed by atoms with van der Waals surface area (Å²) in [6.07, 6.45) is 5.28. The highest BCUT2D eigenvalue weighted by molar-refractivity contribution is 5.77. The minimum absolute atomic E-state index is 0.00748. The molecule has 1 aromatic carbocycles. The number of carboxylic acid groups (broad SMARTS) is 1. The van der Waals surface area contributed by atoms with Crippen LogP contribution >= 0.6 is 0 Å². The molecular formula is C23H32N4O4. The fourth-order valence-corrected chi connectivity index (χ4v) is 4.12. The fraction of sp³-hybridized carbons (Fsp3) is 0.522. The zero-order valence-corrected chi connectivity index (χ0v) is 18.6. The van der Waals surface area contributed by atoms with Crippen molar-refractivity contribution in [1.82, 2.24) is 9.97 Å². The average Bonchev–Trinajstić information content (AvgIpc) is 3.19. The van der Waals surface area contributed by atoms with Crippen molar-refractivity contribution in [2.45, 2.75) is 64.5 Å². The van der Waals surface area contributed by atoms with Crippen molar-refractivity contribution in [1.29, 1.82) is 0 Å². The van der Waals surface area contributed by atoms with Gasteiger partial charge in [-0.3, -0.25) is 4.79 Å². The molecular weight excluding hydrogens is 396 g/mol. The molecule has 2 aromatic rings. The quantitative estimate of drug-likeness (QED) is 0.551. The molecule has 3 rings (SSSR count). The summed E-state index contributed by atoms with van der Waals surface area (Å²) in [6, 6.07) is 6.28. The maximum absolute atomic E-state index is 11.2. The predicted octanol–water partition coefficient (Wildman–Crippen LogP) is 3.94. The van der Waals surface area contributed by atoms with Crippen LogP contribution in [0.15, 0.2) is 30.6 Å².